The van der Waals surface area contributed by atoms with Crippen molar-refractivity contribution in [1.29, 1.82) is 0 Å². The Kier molecular flexibility index (Phi) is 4.49. The first kappa shape index (κ1) is 15.7. The van der Waals surface area contributed by atoms with Crippen LogP contribution in [0.15, 0.2) is 12.1 Å². The highest BCUT2D eigenvalue weighted by molar-refractivity contribution is 5.95. The largest absolute Gasteiger partial charge is 0.394 e. The summed E-state index contributed by atoms with van der Waals surface area (Å²) in [5.41, 5.74) is 6.93. The summed E-state index contributed by atoms with van der Waals surface area (Å²) in [7, 11) is 0. The highest BCUT2D eigenvalue weighted by atomic mass is 16.5. The Morgan fingerprint density at radius 3 is 2.86 bits per heavy atom. The molecule has 1 aliphatic heterocycles. The summed E-state index contributed by atoms with van der Waals surface area (Å²) >= 11 is 0. The van der Waals surface area contributed by atoms with Crippen LogP contribution in [0.3, 0.4) is 0 Å². The molecule has 21 heavy (non-hydrogen) atoms. The number of ether oxygens (including phenoxy) is 1. The van der Waals surface area contributed by atoms with Gasteiger partial charge >= 0.3 is 0 Å². The average molecular weight is 293 g/mol. The maximum absolute atomic E-state index is 12.7. The fraction of sp³-hybridized carbons (Fsp3) is 0.600. The van der Waals surface area contributed by atoms with E-state index in [2.05, 4.69) is 4.98 Å². The Morgan fingerprint density at radius 2 is 2.24 bits per heavy atom. The number of rotatable bonds is 2. The number of carbonyl (C=O) groups is 1. The smallest absolute Gasteiger partial charge is 0.254 e. The standard InChI is InChI=1S/C15H23N3O3/c1-15(2,3)12-6-10(7-13(16)17-12)14(20)18-4-5-21-9-11(18)8-19/h6-7,11,19H,4-5,8-9H2,1-3H3,(H2,16,17). The van der Waals surface area contributed by atoms with E-state index < -0.39 is 0 Å². The van der Waals surface area contributed by atoms with Gasteiger partial charge in [0.05, 0.1) is 25.9 Å². The van der Waals surface area contributed by atoms with Crippen molar-refractivity contribution in [3.63, 3.8) is 0 Å². The molecule has 0 saturated carbocycles. The van der Waals surface area contributed by atoms with Gasteiger partial charge in [-0.25, -0.2) is 4.98 Å². The predicted octanol–water partition coefficient (Wildman–Crippen LogP) is 0.795. The summed E-state index contributed by atoms with van der Waals surface area (Å²) in [6.45, 7) is 7.26. The topological polar surface area (TPSA) is 88.7 Å². The second-order valence-electron chi connectivity index (χ2n) is 6.33. The molecule has 1 aromatic rings. The number of nitrogens with zero attached hydrogens (tertiary/aromatic N) is 2. The zero-order chi connectivity index (χ0) is 15.6. The van der Waals surface area contributed by atoms with Gasteiger partial charge in [0.2, 0.25) is 0 Å². The van der Waals surface area contributed by atoms with E-state index in [0.29, 0.717) is 31.1 Å². The van der Waals surface area contributed by atoms with Crippen LogP contribution in [-0.4, -0.2) is 53.3 Å². The van der Waals surface area contributed by atoms with Crippen LogP contribution >= 0.6 is 0 Å². The molecule has 1 saturated heterocycles. The Balaban J connectivity index is 2.32. The highest BCUT2D eigenvalue weighted by Gasteiger charge is 2.28. The third-order valence-corrected chi connectivity index (χ3v) is 3.56. The average Bonchev–Trinajstić information content (AvgIpc) is 2.45. The second-order valence-corrected chi connectivity index (χ2v) is 6.33. The number of nitrogens with two attached hydrogens (primary N) is 1. The van der Waals surface area contributed by atoms with Crippen LogP contribution in [0.5, 0.6) is 0 Å². The van der Waals surface area contributed by atoms with Crippen LogP contribution in [0.1, 0.15) is 36.8 Å². The van der Waals surface area contributed by atoms with Gasteiger partial charge in [-0.05, 0) is 12.1 Å². The van der Waals surface area contributed by atoms with Crippen LogP contribution in [0.25, 0.3) is 0 Å². The summed E-state index contributed by atoms with van der Waals surface area (Å²) in [4.78, 5) is 18.6. The van der Waals surface area contributed by atoms with E-state index in [1.54, 1.807) is 17.0 Å². The lowest BCUT2D eigenvalue weighted by molar-refractivity contribution is -0.0184. The second kappa shape index (κ2) is 5.99. The first-order valence-electron chi connectivity index (χ1n) is 7.10. The minimum atomic E-state index is -0.307. The van der Waals surface area contributed by atoms with Gasteiger partial charge in [-0.1, -0.05) is 20.8 Å². The molecule has 1 unspecified atom stereocenters. The van der Waals surface area contributed by atoms with Crippen LogP contribution in [0, 0.1) is 0 Å². The van der Waals surface area contributed by atoms with Crippen molar-refractivity contribution in [2.24, 2.45) is 0 Å². The Hall–Kier alpha value is -1.66. The number of hydrogen-bond acceptors (Lipinski definition) is 5. The first-order chi connectivity index (χ1) is 9.82. The molecule has 3 N–H and O–H groups in total. The summed E-state index contributed by atoms with van der Waals surface area (Å²) in [6.07, 6.45) is 0. The maximum Gasteiger partial charge on any atom is 0.254 e. The predicted molar refractivity (Wildman–Crippen MR) is 80.1 cm³/mol. The number of aromatic nitrogens is 1. The summed E-state index contributed by atoms with van der Waals surface area (Å²) in [5, 5.41) is 9.38. The van der Waals surface area contributed by atoms with Gasteiger partial charge in [0.15, 0.2) is 0 Å². The number of amides is 1. The molecular formula is C15H23N3O3. The van der Waals surface area contributed by atoms with Crippen LogP contribution < -0.4 is 5.73 Å². The molecule has 1 aromatic heterocycles. The summed E-state index contributed by atoms with van der Waals surface area (Å²) in [5.74, 6) is 0.191. The van der Waals surface area contributed by atoms with Gasteiger partial charge in [-0.2, -0.15) is 0 Å². The van der Waals surface area contributed by atoms with Gasteiger partial charge in [0.1, 0.15) is 5.82 Å². The summed E-state index contributed by atoms with van der Waals surface area (Å²) in [6, 6.07) is 3.06. The van der Waals surface area contributed by atoms with Gasteiger partial charge in [-0.3, -0.25) is 4.79 Å². The van der Waals surface area contributed by atoms with Gasteiger partial charge < -0.3 is 20.5 Å². The lowest BCUT2D eigenvalue weighted by atomic mass is 9.90. The quantitative estimate of drug-likeness (QED) is 0.842. The van der Waals surface area contributed by atoms with Crippen LogP contribution in [0.2, 0.25) is 0 Å². The molecule has 0 aliphatic carbocycles. The van der Waals surface area contributed by atoms with Crippen molar-refractivity contribution < 1.29 is 14.6 Å². The minimum absolute atomic E-state index is 0.113. The number of aliphatic hydroxyl groups is 1. The molecule has 116 valence electrons. The molecule has 0 aromatic carbocycles. The van der Waals surface area contributed by atoms with Crippen molar-refractivity contribution in [3.05, 3.63) is 23.4 Å². The monoisotopic (exact) mass is 293 g/mol. The molecule has 1 aliphatic rings. The molecule has 1 fully saturated rings. The fourth-order valence-electron chi connectivity index (χ4n) is 2.30. The maximum atomic E-state index is 12.7. The number of carbonyl (C=O) groups excluding carboxylic acids is 1. The van der Waals surface area contributed by atoms with Gasteiger partial charge in [0.25, 0.3) is 5.91 Å². The number of anilines is 1. The highest BCUT2D eigenvalue weighted by Crippen LogP contribution is 2.23. The molecule has 0 radical (unpaired) electrons. The van der Waals surface area contributed by atoms with Crippen molar-refractivity contribution in [1.82, 2.24) is 9.88 Å². The molecule has 6 heteroatoms. The van der Waals surface area contributed by atoms with Crippen LogP contribution in [0.4, 0.5) is 5.82 Å². The normalized spacial score (nSPS) is 19.6. The molecule has 0 spiro atoms. The SMILES string of the molecule is CC(C)(C)c1cc(C(=O)N2CCOCC2CO)cc(N)n1. The van der Waals surface area contributed by atoms with E-state index in [0.717, 1.165) is 5.69 Å². The minimum Gasteiger partial charge on any atom is -0.394 e. The van der Waals surface area contributed by atoms with Gasteiger partial charge in [-0.15, -0.1) is 0 Å². The number of pyridine rings is 1. The molecule has 2 heterocycles. The third kappa shape index (κ3) is 3.51. The zero-order valence-electron chi connectivity index (χ0n) is 12.8. The molecular weight excluding hydrogens is 270 g/mol. The van der Waals surface area contributed by atoms with E-state index in [-0.39, 0.29) is 24.0 Å². The molecule has 1 atom stereocenters. The molecule has 0 bridgehead atoms. The fourth-order valence-corrected chi connectivity index (χ4v) is 2.30. The van der Waals surface area contributed by atoms with E-state index in [1.807, 2.05) is 20.8 Å². The Morgan fingerprint density at radius 1 is 1.52 bits per heavy atom. The summed E-state index contributed by atoms with van der Waals surface area (Å²) < 4.78 is 5.30. The van der Waals surface area contributed by atoms with E-state index in [4.69, 9.17) is 10.5 Å². The zero-order valence-corrected chi connectivity index (χ0v) is 12.8. The van der Waals surface area contributed by atoms with E-state index in [1.165, 1.54) is 0 Å². The van der Waals surface area contributed by atoms with Gasteiger partial charge in [0, 0.05) is 23.2 Å². The number of hydrogen-bond donors (Lipinski definition) is 2. The number of morpholine rings is 1. The molecule has 1 amide bonds. The van der Waals surface area contributed by atoms with E-state index in [9.17, 15) is 9.90 Å². The lowest BCUT2D eigenvalue weighted by Gasteiger charge is -2.34. The van der Waals surface area contributed by atoms with E-state index >= 15 is 0 Å². The van der Waals surface area contributed by atoms with Crippen molar-refractivity contribution in [3.8, 4) is 0 Å². The Labute approximate surface area is 124 Å². The molecule has 6 nitrogen and oxygen atoms in total. The lowest BCUT2D eigenvalue weighted by Crippen LogP contribution is -2.50. The Bertz CT molecular complexity index is 525. The van der Waals surface area contributed by atoms with Crippen molar-refractivity contribution in [2.45, 2.75) is 32.2 Å². The first-order valence-corrected chi connectivity index (χ1v) is 7.10. The molecule has 2 rings (SSSR count). The van der Waals surface area contributed by atoms with Crippen molar-refractivity contribution >= 4 is 11.7 Å². The van der Waals surface area contributed by atoms with Crippen LogP contribution in [-0.2, 0) is 10.2 Å². The van der Waals surface area contributed by atoms with Crippen molar-refractivity contribution in [2.75, 3.05) is 32.1 Å². The number of nitrogen functional groups attached to an aromatic ring is 1. The number of aliphatic hydroxyl groups excluding tert-OH is 1. The third-order valence-electron chi connectivity index (χ3n) is 3.56.